The largest absolute Gasteiger partial charge is 0.465 e. The lowest BCUT2D eigenvalue weighted by Gasteiger charge is -1.92. The first-order valence-corrected chi connectivity index (χ1v) is 4.46. The van der Waals surface area contributed by atoms with Gasteiger partial charge >= 0.3 is 5.97 Å². The van der Waals surface area contributed by atoms with Gasteiger partial charge < -0.3 is 9.15 Å². The Bertz CT molecular complexity index is 337. The third-order valence-electron chi connectivity index (χ3n) is 1.61. The molecule has 1 aromatic rings. The number of esters is 1. The van der Waals surface area contributed by atoms with Crippen LogP contribution in [-0.4, -0.2) is 12.6 Å². The third kappa shape index (κ3) is 1.16. The summed E-state index contributed by atoms with van der Waals surface area (Å²) >= 11 is 1.97. The van der Waals surface area contributed by atoms with Gasteiger partial charge in [-0.2, -0.15) is 0 Å². The van der Waals surface area contributed by atoms with Crippen molar-refractivity contribution in [3.63, 3.8) is 0 Å². The Kier molecular flexibility index (Phi) is 1.92. The molecule has 0 amide bonds. The molecule has 0 N–H and O–H groups in total. The molecule has 0 spiro atoms. The molecule has 0 aromatic carbocycles. The van der Waals surface area contributed by atoms with Gasteiger partial charge in [-0.1, -0.05) is 0 Å². The number of furan rings is 1. The van der Waals surface area contributed by atoms with Crippen molar-refractivity contribution in [1.29, 1.82) is 0 Å². The van der Waals surface area contributed by atoms with Crippen LogP contribution >= 0.6 is 22.6 Å². The second kappa shape index (κ2) is 2.93. The summed E-state index contributed by atoms with van der Waals surface area (Å²) in [7, 11) is 0. The predicted molar refractivity (Wildman–Crippen MR) is 50.6 cm³/mol. The SMILES string of the molecule is O=C1OCC(c2ccco2)=C1I. The summed E-state index contributed by atoms with van der Waals surface area (Å²) in [6.07, 6.45) is 1.58. The molecule has 2 rings (SSSR count). The van der Waals surface area contributed by atoms with Crippen LogP contribution in [-0.2, 0) is 9.53 Å². The van der Waals surface area contributed by atoms with E-state index >= 15 is 0 Å². The Balaban J connectivity index is 2.43. The van der Waals surface area contributed by atoms with Gasteiger partial charge in [0, 0.05) is 0 Å². The monoisotopic (exact) mass is 276 g/mol. The molecule has 0 bridgehead atoms. The Labute approximate surface area is 82.5 Å². The summed E-state index contributed by atoms with van der Waals surface area (Å²) in [4.78, 5) is 11.0. The molecule has 2 heterocycles. The van der Waals surface area contributed by atoms with Crippen LogP contribution in [0.25, 0.3) is 5.57 Å². The number of halogens is 1. The van der Waals surface area contributed by atoms with E-state index in [1.165, 1.54) is 0 Å². The summed E-state index contributed by atoms with van der Waals surface area (Å²) < 4.78 is 10.6. The maximum Gasteiger partial charge on any atom is 0.345 e. The number of hydrogen-bond acceptors (Lipinski definition) is 3. The molecule has 1 aromatic heterocycles. The van der Waals surface area contributed by atoms with Crippen LogP contribution in [0.4, 0.5) is 0 Å². The first-order valence-electron chi connectivity index (χ1n) is 3.38. The molecule has 0 saturated heterocycles. The summed E-state index contributed by atoms with van der Waals surface area (Å²) in [5.41, 5.74) is 0.839. The molecule has 1 aliphatic heterocycles. The van der Waals surface area contributed by atoms with Crippen LogP contribution in [0.2, 0.25) is 0 Å². The van der Waals surface area contributed by atoms with Crippen LogP contribution in [0.5, 0.6) is 0 Å². The second-order valence-electron chi connectivity index (χ2n) is 2.35. The molecule has 0 aliphatic carbocycles. The van der Waals surface area contributed by atoms with Crippen molar-refractivity contribution in [1.82, 2.24) is 0 Å². The van der Waals surface area contributed by atoms with Gasteiger partial charge in [-0.3, -0.25) is 0 Å². The molecule has 0 radical (unpaired) electrons. The zero-order valence-corrected chi connectivity index (χ0v) is 8.20. The van der Waals surface area contributed by atoms with E-state index in [-0.39, 0.29) is 5.97 Å². The van der Waals surface area contributed by atoms with Crippen molar-refractivity contribution in [2.75, 3.05) is 6.61 Å². The Morgan fingerprint density at radius 1 is 1.50 bits per heavy atom. The molecule has 0 unspecified atom stereocenters. The quantitative estimate of drug-likeness (QED) is 0.581. The minimum absolute atomic E-state index is 0.262. The van der Waals surface area contributed by atoms with Gasteiger partial charge in [-0.15, -0.1) is 0 Å². The normalized spacial score (nSPS) is 16.9. The zero-order valence-electron chi connectivity index (χ0n) is 6.04. The highest BCUT2D eigenvalue weighted by molar-refractivity contribution is 14.1. The van der Waals surface area contributed by atoms with Gasteiger partial charge in [0.05, 0.1) is 11.8 Å². The minimum atomic E-state index is -0.262. The summed E-state index contributed by atoms with van der Waals surface area (Å²) in [6, 6.07) is 3.60. The lowest BCUT2D eigenvalue weighted by atomic mass is 10.2. The molecule has 12 heavy (non-hydrogen) atoms. The van der Waals surface area contributed by atoms with Crippen LogP contribution in [0.3, 0.4) is 0 Å². The van der Waals surface area contributed by atoms with Crippen molar-refractivity contribution >= 4 is 34.1 Å². The lowest BCUT2D eigenvalue weighted by molar-refractivity contribution is -0.135. The van der Waals surface area contributed by atoms with Crippen molar-refractivity contribution in [2.24, 2.45) is 0 Å². The summed E-state index contributed by atoms with van der Waals surface area (Å²) in [5.74, 6) is 0.451. The van der Waals surface area contributed by atoms with Crippen LogP contribution in [0.15, 0.2) is 26.4 Å². The van der Waals surface area contributed by atoms with Gasteiger partial charge in [0.2, 0.25) is 0 Å². The number of cyclic esters (lactones) is 1. The fourth-order valence-electron chi connectivity index (χ4n) is 1.02. The average Bonchev–Trinajstić information content (AvgIpc) is 2.64. The smallest absolute Gasteiger partial charge is 0.345 e. The van der Waals surface area contributed by atoms with Gasteiger partial charge in [-0.05, 0) is 34.7 Å². The van der Waals surface area contributed by atoms with E-state index in [4.69, 9.17) is 9.15 Å². The van der Waals surface area contributed by atoms with Gasteiger partial charge in [0.15, 0.2) is 0 Å². The fourth-order valence-corrected chi connectivity index (χ4v) is 1.59. The van der Waals surface area contributed by atoms with E-state index < -0.39 is 0 Å². The first-order chi connectivity index (χ1) is 5.79. The fraction of sp³-hybridized carbons (Fsp3) is 0.125. The number of carbonyl (C=O) groups excluding carboxylic acids is 1. The van der Waals surface area contributed by atoms with Gasteiger partial charge in [-0.25, -0.2) is 4.79 Å². The topological polar surface area (TPSA) is 39.4 Å². The lowest BCUT2D eigenvalue weighted by Crippen LogP contribution is -1.93. The second-order valence-corrected chi connectivity index (χ2v) is 3.42. The van der Waals surface area contributed by atoms with E-state index in [0.29, 0.717) is 15.9 Å². The van der Waals surface area contributed by atoms with Crippen LogP contribution in [0, 0.1) is 0 Å². The summed E-state index contributed by atoms with van der Waals surface area (Å²) in [5, 5.41) is 0. The van der Waals surface area contributed by atoms with E-state index in [1.807, 2.05) is 28.7 Å². The Morgan fingerprint density at radius 3 is 2.83 bits per heavy atom. The Hall–Kier alpha value is -0.780. The number of rotatable bonds is 1. The number of ether oxygens (including phenoxy) is 1. The van der Waals surface area contributed by atoms with E-state index in [0.717, 1.165) is 5.57 Å². The standard InChI is InChI=1S/C8H5IO3/c9-7-5(4-12-8(7)10)6-2-1-3-11-6/h1-3H,4H2. The third-order valence-corrected chi connectivity index (χ3v) is 2.70. The molecule has 0 atom stereocenters. The van der Waals surface area contributed by atoms with Crippen molar-refractivity contribution in [2.45, 2.75) is 0 Å². The van der Waals surface area contributed by atoms with Crippen molar-refractivity contribution in [3.8, 4) is 0 Å². The number of carbonyl (C=O) groups is 1. The molecule has 1 aliphatic rings. The van der Waals surface area contributed by atoms with E-state index in [1.54, 1.807) is 12.3 Å². The maximum atomic E-state index is 11.0. The zero-order chi connectivity index (χ0) is 8.55. The molecular weight excluding hydrogens is 271 g/mol. The van der Waals surface area contributed by atoms with Crippen LogP contribution < -0.4 is 0 Å². The molecular formula is C8H5IO3. The predicted octanol–water partition coefficient (Wildman–Crippen LogP) is 1.98. The highest BCUT2D eigenvalue weighted by Crippen LogP contribution is 2.29. The minimum Gasteiger partial charge on any atom is -0.465 e. The van der Waals surface area contributed by atoms with Gasteiger partial charge in [0.1, 0.15) is 15.9 Å². The highest BCUT2D eigenvalue weighted by Gasteiger charge is 2.24. The average molecular weight is 276 g/mol. The van der Waals surface area contributed by atoms with Crippen molar-refractivity contribution in [3.05, 3.63) is 27.7 Å². The highest BCUT2D eigenvalue weighted by atomic mass is 127. The van der Waals surface area contributed by atoms with E-state index in [9.17, 15) is 4.79 Å². The van der Waals surface area contributed by atoms with Crippen LogP contribution in [0.1, 0.15) is 5.76 Å². The van der Waals surface area contributed by atoms with Gasteiger partial charge in [0.25, 0.3) is 0 Å². The van der Waals surface area contributed by atoms with E-state index in [2.05, 4.69) is 0 Å². The molecule has 3 nitrogen and oxygen atoms in total. The molecule has 0 fully saturated rings. The summed E-state index contributed by atoms with van der Waals surface area (Å²) in [6.45, 7) is 0.324. The van der Waals surface area contributed by atoms with Crippen molar-refractivity contribution < 1.29 is 13.9 Å². The molecule has 0 saturated carbocycles. The molecule has 62 valence electrons. The first kappa shape index (κ1) is 7.85. The Morgan fingerprint density at radius 2 is 2.33 bits per heavy atom. The number of hydrogen-bond donors (Lipinski definition) is 0. The molecule has 4 heteroatoms. The maximum absolute atomic E-state index is 11.0.